The van der Waals surface area contributed by atoms with Gasteiger partial charge in [0.25, 0.3) is 0 Å². The molecule has 0 heterocycles. The normalized spacial score (nSPS) is 26.4. The Balaban J connectivity index is 2.05. The second kappa shape index (κ2) is 6.70. The number of nitrogens with two attached hydrogens (primary N) is 1. The van der Waals surface area contributed by atoms with Crippen molar-refractivity contribution in [1.82, 2.24) is 4.90 Å². The second-order valence-electron chi connectivity index (χ2n) is 6.52. The van der Waals surface area contributed by atoms with E-state index in [1.807, 2.05) is 30.3 Å². The summed E-state index contributed by atoms with van der Waals surface area (Å²) in [6.07, 6.45) is 5.14. The minimum absolute atomic E-state index is 0.0242. The maximum absolute atomic E-state index is 9.79. The SMILES string of the molecule is CC1CCCC(N(C)CC(N)(CO)c2ccccc2)C1. The molecule has 1 fully saturated rings. The summed E-state index contributed by atoms with van der Waals surface area (Å²) in [4.78, 5) is 2.35. The van der Waals surface area contributed by atoms with Crippen molar-refractivity contribution in [2.45, 2.75) is 44.2 Å². The first-order valence-electron chi connectivity index (χ1n) is 7.70. The Morgan fingerprint density at radius 1 is 1.30 bits per heavy atom. The van der Waals surface area contributed by atoms with E-state index in [4.69, 9.17) is 5.73 Å². The zero-order chi connectivity index (χ0) is 14.6. The highest BCUT2D eigenvalue weighted by Gasteiger charge is 2.31. The molecule has 3 heteroatoms. The average molecular weight is 276 g/mol. The molecule has 3 unspecified atom stereocenters. The smallest absolute Gasteiger partial charge is 0.0772 e. The number of likely N-dealkylation sites (N-methyl/N-ethyl adjacent to an activating group) is 1. The van der Waals surface area contributed by atoms with E-state index < -0.39 is 5.54 Å². The van der Waals surface area contributed by atoms with E-state index in [1.165, 1.54) is 25.7 Å². The number of aliphatic hydroxyl groups is 1. The van der Waals surface area contributed by atoms with Gasteiger partial charge in [0, 0.05) is 12.6 Å². The van der Waals surface area contributed by atoms with Gasteiger partial charge in [0.05, 0.1) is 12.1 Å². The van der Waals surface area contributed by atoms with E-state index in [1.54, 1.807) is 0 Å². The molecule has 1 aromatic carbocycles. The average Bonchev–Trinajstić information content (AvgIpc) is 2.48. The maximum Gasteiger partial charge on any atom is 0.0772 e. The van der Waals surface area contributed by atoms with Crippen LogP contribution in [0.2, 0.25) is 0 Å². The van der Waals surface area contributed by atoms with Gasteiger partial charge < -0.3 is 15.7 Å². The molecule has 0 aromatic heterocycles. The van der Waals surface area contributed by atoms with Crippen LogP contribution in [0.5, 0.6) is 0 Å². The maximum atomic E-state index is 9.79. The standard InChI is InChI=1S/C17H28N2O/c1-14-7-6-10-16(11-14)19(2)12-17(18,13-20)15-8-4-3-5-9-15/h3-5,8-9,14,16,20H,6-7,10-13,18H2,1-2H3. The number of rotatable bonds is 5. The molecule has 1 aliphatic rings. The Bertz CT molecular complexity index is 409. The number of hydrogen-bond acceptors (Lipinski definition) is 3. The molecule has 0 amide bonds. The first-order valence-corrected chi connectivity index (χ1v) is 7.70. The zero-order valence-electron chi connectivity index (χ0n) is 12.8. The van der Waals surface area contributed by atoms with Crippen LogP contribution in [0.15, 0.2) is 30.3 Å². The number of aliphatic hydroxyl groups excluding tert-OH is 1. The summed E-state index contributed by atoms with van der Waals surface area (Å²) in [5.74, 6) is 0.800. The summed E-state index contributed by atoms with van der Waals surface area (Å²) in [6.45, 7) is 3.01. The van der Waals surface area contributed by atoms with Gasteiger partial charge in [-0.15, -0.1) is 0 Å². The molecule has 0 aliphatic heterocycles. The van der Waals surface area contributed by atoms with Crippen LogP contribution in [0.4, 0.5) is 0 Å². The van der Waals surface area contributed by atoms with E-state index in [0.717, 1.165) is 11.5 Å². The molecule has 0 spiro atoms. The highest BCUT2D eigenvalue weighted by molar-refractivity contribution is 5.24. The van der Waals surface area contributed by atoms with Crippen molar-refractivity contribution in [2.24, 2.45) is 11.7 Å². The Morgan fingerprint density at radius 2 is 2.00 bits per heavy atom. The lowest BCUT2D eigenvalue weighted by atomic mass is 9.85. The molecule has 3 atom stereocenters. The molecule has 1 aliphatic carbocycles. The molecule has 0 bridgehead atoms. The van der Waals surface area contributed by atoms with Gasteiger partial charge in [0.15, 0.2) is 0 Å². The number of hydrogen-bond donors (Lipinski definition) is 2. The Labute approximate surface area is 122 Å². The van der Waals surface area contributed by atoms with Gasteiger partial charge in [-0.25, -0.2) is 0 Å². The van der Waals surface area contributed by atoms with E-state index in [0.29, 0.717) is 12.6 Å². The van der Waals surface area contributed by atoms with Crippen molar-refractivity contribution in [3.8, 4) is 0 Å². The monoisotopic (exact) mass is 276 g/mol. The summed E-state index contributed by atoms with van der Waals surface area (Å²) >= 11 is 0. The lowest BCUT2D eigenvalue weighted by molar-refractivity contribution is 0.100. The fourth-order valence-corrected chi connectivity index (χ4v) is 3.38. The summed E-state index contributed by atoms with van der Waals surface area (Å²) in [5, 5.41) is 9.79. The molecule has 3 N–H and O–H groups in total. The van der Waals surface area contributed by atoms with Crippen LogP contribution in [-0.2, 0) is 5.54 Å². The van der Waals surface area contributed by atoms with Gasteiger partial charge >= 0.3 is 0 Å². The van der Waals surface area contributed by atoms with Crippen molar-refractivity contribution in [2.75, 3.05) is 20.2 Å². The Hall–Kier alpha value is -0.900. The highest BCUT2D eigenvalue weighted by Crippen LogP contribution is 2.28. The van der Waals surface area contributed by atoms with Crippen LogP contribution in [0.3, 0.4) is 0 Å². The number of nitrogens with zero attached hydrogens (tertiary/aromatic N) is 1. The van der Waals surface area contributed by atoms with Gasteiger partial charge in [-0.2, -0.15) is 0 Å². The molecule has 112 valence electrons. The van der Waals surface area contributed by atoms with Gasteiger partial charge in [0.2, 0.25) is 0 Å². The molecule has 0 saturated heterocycles. The Morgan fingerprint density at radius 3 is 2.60 bits per heavy atom. The van der Waals surface area contributed by atoms with Crippen LogP contribution in [-0.4, -0.2) is 36.2 Å². The third-order valence-corrected chi connectivity index (χ3v) is 4.69. The zero-order valence-corrected chi connectivity index (χ0v) is 12.8. The van der Waals surface area contributed by atoms with Crippen LogP contribution in [0, 0.1) is 5.92 Å². The minimum Gasteiger partial charge on any atom is -0.394 e. The van der Waals surface area contributed by atoms with E-state index >= 15 is 0 Å². The third-order valence-electron chi connectivity index (χ3n) is 4.69. The van der Waals surface area contributed by atoms with Crippen LogP contribution in [0.25, 0.3) is 0 Å². The predicted octanol–water partition coefficient (Wildman–Crippen LogP) is 2.34. The van der Waals surface area contributed by atoms with E-state index in [9.17, 15) is 5.11 Å². The first kappa shape index (κ1) is 15.5. The van der Waals surface area contributed by atoms with Gasteiger partial charge in [0.1, 0.15) is 0 Å². The molecular formula is C17H28N2O. The third kappa shape index (κ3) is 3.60. The molecule has 1 saturated carbocycles. The first-order chi connectivity index (χ1) is 9.55. The summed E-state index contributed by atoms with van der Waals surface area (Å²) in [6, 6.07) is 10.6. The van der Waals surface area contributed by atoms with Crippen LogP contribution >= 0.6 is 0 Å². The number of benzene rings is 1. The molecule has 0 radical (unpaired) electrons. The van der Waals surface area contributed by atoms with Crippen LogP contribution < -0.4 is 5.73 Å². The fourth-order valence-electron chi connectivity index (χ4n) is 3.38. The topological polar surface area (TPSA) is 49.5 Å². The lowest BCUT2D eigenvalue weighted by Crippen LogP contribution is -2.52. The van der Waals surface area contributed by atoms with Crippen molar-refractivity contribution in [3.63, 3.8) is 0 Å². The van der Waals surface area contributed by atoms with Crippen LogP contribution in [0.1, 0.15) is 38.2 Å². The largest absolute Gasteiger partial charge is 0.394 e. The molecule has 2 rings (SSSR count). The van der Waals surface area contributed by atoms with Crippen molar-refractivity contribution in [3.05, 3.63) is 35.9 Å². The quantitative estimate of drug-likeness (QED) is 0.868. The van der Waals surface area contributed by atoms with Crippen molar-refractivity contribution < 1.29 is 5.11 Å². The second-order valence-corrected chi connectivity index (χ2v) is 6.52. The van der Waals surface area contributed by atoms with Gasteiger partial charge in [-0.05, 0) is 31.4 Å². The highest BCUT2D eigenvalue weighted by atomic mass is 16.3. The van der Waals surface area contributed by atoms with Crippen molar-refractivity contribution >= 4 is 0 Å². The lowest BCUT2D eigenvalue weighted by Gasteiger charge is -2.39. The van der Waals surface area contributed by atoms with Gasteiger partial charge in [-0.3, -0.25) is 0 Å². The molecule has 3 nitrogen and oxygen atoms in total. The molecular weight excluding hydrogens is 248 g/mol. The van der Waals surface area contributed by atoms with E-state index in [-0.39, 0.29) is 6.61 Å². The van der Waals surface area contributed by atoms with Crippen molar-refractivity contribution in [1.29, 1.82) is 0 Å². The summed E-state index contributed by atoms with van der Waals surface area (Å²) in [7, 11) is 2.14. The molecule has 1 aromatic rings. The molecule has 20 heavy (non-hydrogen) atoms. The Kier molecular flexibility index (Phi) is 5.19. The summed E-state index contributed by atoms with van der Waals surface area (Å²) in [5.41, 5.74) is 6.81. The minimum atomic E-state index is -0.670. The van der Waals surface area contributed by atoms with E-state index in [2.05, 4.69) is 18.9 Å². The predicted molar refractivity (Wildman–Crippen MR) is 83.4 cm³/mol. The van der Waals surface area contributed by atoms with Gasteiger partial charge in [-0.1, -0.05) is 50.1 Å². The fraction of sp³-hybridized carbons (Fsp3) is 0.647. The summed E-state index contributed by atoms with van der Waals surface area (Å²) < 4.78 is 0.